The summed E-state index contributed by atoms with van der Waals surface area (Å²) < 4.78 is 0. The fourth-order valence-electron chi connectivity index (χ4n) is 3.17. The Hall–Kier alpha value is -2.62. The highest BCUT2D eigenvalue weighted by Crippen LogP contribution is 2.48. The molecule has 0 spiro atoms. The van der Waals surface area contributed by atoms with E-state index in [1.165, 1.54) is 0 Å². The summed E-state index contributed by atoms with van der Waals surface area (Å²) in [5, 5.41) is 2.99. The summed E-state index contributed by atoms with van der Waals surface area (Å²) in [6.45, 7) is 4.53. The average Bonchev–Trinajstić information content (AvgIpc) is 3.45. The first-order valence-corrected chi connectivity index (χ1v) is 8.88. The highest BCUT2D eigenvalue weighted by atomic mass is 16.2. The summed E-state index contributed by atoms with van der Waals surface area (Å²) in [6, 6.07) is 17.3. The van der Waals surface area contributed by atoms with Gasteiger partial charge in [-0.2, -0.15) is 0 Å². The summed E-state index contributed by atoms with van der Waals surface area (Å²) in [5.74, 6) is -0.291. The Kier molecular flexibility index (Phi) is 4.88. The van der Waals surface area contributed by atoms with Crippen molar-refractivity contribution in [2.75, 3.05) is 16.8 Å². The number of aryl methyl sites for hydroxylation is 1. The Morgan fingerprint density at radius 1 is 1.00 bits per heavy atom. The van der Waals surface area contributed by atoms with Crippen molar-refractivity contribution in [2.45, 2.75) is 33.1 Å². The zero-order chi connectivity index (χ0) is 17.9. The maximum atomic E-state index is 13.1. The van der Waals surface area contributed by atoms with Crippen LogP contribution in [0.15, 0.2) is 54.6 Å². The van der Waals surface area contributed by atoms with Gasteiger partial charge in [-0.3, -0.25) is 9.59 Å². The quantitative estimate of drug-likeness (QED) is 0.810. The number of carbonyl (C=O) groups excluding carboxylic acids is 2. The number of carbonyl (C=O) groups is 2. The second-order valence-corrected chi connectivity index (χ2v) is 6.43. The molecular formula is C21H24N2O2. The van der Waals surface area contributed by atoms with E-state index < -0.39 is 5.41 Å². The number of rotatable bonds is 6. The number of hydrogen-bond acceptors (Lipinski definition) is 2. The predicted octanol–water partition coefficient (Wildman–Crippen LogP) is 4.02. The van der Waals surface area contributed by atoms with E-state index in [-0.39, 0.29) is 11.8 Å². The van der Waals surface area contributed by atoms with Crippen LogP contribution in [0.25, 0.3) is 0 Å². The number of hydrogen-bond donors (Lipinski definition) is 1. The molecule has 0 aromatic heterocycles. The van der Waals surface area contributed by atoms with E-state index in [0.29, 0.717) is 19.4 Å². The van der Waals surface area contributed by atoms with Crippen LogP contribution in [0.2, 0.25) is 0 Å². The van der Waals surface area contributed by atoms with Gasteiger partial charge in [-0.1, -0.05) is 43.3 Å². The number of anilines is 2. The summed E-state index contributed by atoms with van der Waals surface area (Å²) in [7, 11) is 0. The molecule has 1 aliphatic rings. The van der Waals surface area contributed by atoms with E-state index in [1.54, 1.807) is 4.90 Å². The Balaban J connectivity index is 1.81. The van der Waals surface area contributed by atoms with E-state index in [1.807, 2.05) is 61.5 Å². The molecule has 0 heterocycles. The zero-order valence-electron chi connectivity index (χ0n) is 14.8. The lowest BCUT2D eigenvalue weighted by Crippen LogP contribution is -2.43. The summed E-state index contributed by atoms with van der Waals surface area (Å²) in [6.07, 6.45) is 2.05. The van der Waals surface area contributed by atoms with Crippen LogP contribution in [0.1, 0.15) is 32.3 Å². The molecule has 0 radical (unpaired) electrons. The van der Waals surface area contributed by atoms with Crippen LogP contribution >= 0.6 is 0 Å². The first-order chi connectivity index (χ1) is 12.1. The van der Waals surface area contributed by atoms with Crippen molar-refractivity contribution < 1.29 is 9.59 Å². The van der Waals surface area contributed by atoms with Crippen LogP contribution in [0.3, 0.4) is 0 Å². The van der Waals surface area contributed by atoms with Gasteiger partial charge in [0.2, 0.25) is 11.8 Å². The van der Waals surface area contributed by atoms with Gasteiger partial charge < -0.3 is 10.2 Å². The van der Waals surface area contributed by atoms with Crippen LogP contribution < -0.4 is 10.2 Å². The molecule has 1 N–H and O–H groups in total. The third kappa shape index (κ3) is 3.29. The molecule has 0 saturated heterocycles. The van der Waals surface area contributed by atoms with Crippen LogP contribution in [0.5, 0.6) is 0 Å². The molecule has 0 aliphatic heterocycles. The molecule has 0 bridgehead atoms. The normalized spacial score (nSPS) is 14.6. The molecule has 4 heteroatoms. The third-order valence-electron chi connectivity index (χ3n) is 4.87. The monoisotopic (exact) mass is 336 g/mol. The minimum atomic E-state index is -0.924. The number of nitrogens with one attached hydrogen (secondary N) is 1. The van der Waals surface area contributed by atoms with Gasteiger partial charge in [-0.05, 0) is 49.9 Å². The molecule has 2 aromatic rings. The van der Waals surface area contributed by atoms with Crippen molar-refractivity contribution in [2.24, 2.45) is 5.41 Å². The number of para-hydroxylation sites is 2. The average molecular weight is 336 g/mol. The predicted molar refractivity (Wildman–Crippen MR) is 101 cm³/mol. The van der Waals surface area contributed by atoms with Crippen molar-refractivity contribution >= 4 is 23.2 Å². The largest absolute Gasteiger partial charge is 0.325 e. The van der Waals surface area contributed by atoms with Gasteiger partial charge in [0, 0.05) is 17.9 Å². The topological polar surface area (TPSA) is 49.4 Å². The van der Waals surface area contributed by atoms with Crippen molar-refractivity contribution in [3.8, 4) is 0 Å². The molecule has 2 amide bonds. The lowest BCUT2D eigenvalue weighted by atomic mass is 10.0. The van der Waals surface area contributed by atoms with Gasteiger partial charge in [0.05, 0.1) is 0 Å². The molecule has 3 rings (SSSR count). The summed E-state index contributed by atoms with van der Waals surface area (Å²) in [4.78, 5) is 27.7. The SMILES string of the molecule is CCc1ccccc1NC(=O)C1(C(=O)N(CC)c2ccccc2)CC1. The first-order valence-electron chi connectivity index (χ1n) is 8.88. The highest BCUT2D eigenvalue weighted by molar-refractivity contribution is 6.17. The first kappa shape index (κ1) is 17.2. The molecule has 130 valence electrons. The van der Waals surface area contributed by atoms with Gasteiger partial charge in [0.25, 0.3) is 0 Å². The van der Waals surface area contributed by atoms with Crippen molar-refractivity contribution in [1.29, 1.82) is 0 Å². The van der Waals surface area contributed by atoms with Gasteiger partial charge in [0.1, 0.15) is 5.41 Å². The van der Waals surface area contributed by atoms with Gasteiger partial charge in [-0.15, -0.1) is 0 Å². The van der Waals surface area contributed by atoms with Crippen molar-refractivity contribution in [1.82, 2.24) is 0 Å². The van der Waals surface area contributed by atoms with E-state index in [4.69, 9.17) is 0 Å². The van der Waals surface area contributed by atoms with Crippen molar-refractivity contribution in [3.63, 3.8) is 0 Å². The molecule has 25 heavy (non-hydrogen) atoms. The Morgan fingerprint density at radius 3 is 2.24 bits per heavy atom. The Labute approximate surface area is 148 Å². The van der Waals surface area contributed by atoms with Gasteiger partial charge in [-0.25, -0.2) is 0 Å². The second-order valence-electron chi connectivity index (χ2n) is 6.43. The molecule has 1 saturated carbocycles. The highest BCUT2D eigenvalue weighted by Gasteiger charge is 2.58. The van der Waals surface area contributed by atoms with E-state index in [0.717, 1.165) is 23.4 Å². The molecule has 0 unspecified atom stereocenters. The van der Waals surface area contributed by atoms with Gasteiger partial charge in [0.15, 0.2) is 0 Å². The smallest absolute Gasteiger partial charge is 0.242 e. The zero-order valence-corrected chi connectivity index (χ0v) is 14.8. The van der Waals surface area contributed by atoms with E-state index in [2.05, 4.69) is 12.2 Å². The van der Waals surface area contributed by atoms with Crippen LogP contribution in [0.4, 0.5) is 11.4 Å². The van der Waals surface area contributed by atoms with E-state index in [9.17, 15) is 9.59 Å². The van der Waals surface area contributed by atoms with Crippen LogP contribution in [-0.4, -0.2) is 18.4 Å². The minimum absolute atomic E-state index is 0.104. The molecule has 1 fully saturated rings. The molecule has 2 aromatic carbocycles. The minimum Gasteiger partial charge on any atom is -0.325 e. The summed E-state index contributed by atoms with van der Waals surface area (Å²) in [5.41, 5.74) is 1.79. The number of nitrogens with zero attached hydrogens (tertiary/aromatic N) is 1. The maximum Gasteiger partial charge on any atom is 0.242 e. The Morgan fingerprint density at radius 2 is 1.64 bits per heavy atom. The third-order valence-corrected chi connectivity index (χ3v) is 4.87. The lowest BCUT2D eigenvalue weighted by Gasteiger charge is -2.26. The summed E-state index contributed by atoms with van der Waals surface area (Å²) >= 11 is 0. The second kappa shape index (κ2) is 7.09. The fraction of sp³-hybridized carbons (Fsp3) is 0.333. The number of benzene rings is 2. The van der Waals surface area contributed by atoms with Gasteiger partial charge >= 0.3 is 0 Å². The Bertz CT molecular complexity index is 766. The lowest BCUT2D eigenvalue weighted by molar-refractivity contribution is -0.132. The standard InChI is InChI=1S/C21H24N2O2/c1-3-16-10-8-9-13-18(16)22-19(24)21(14-15-21)20(25)23(4-2)17-11-6-5-7-12-17/h5-13H,3-4,14-15H2,1-2H3,(H,22,24). The fourth-order valence-corrected chi connectivity index (χ4v) is 3.17. The number of amides is 2. The maximum absolute atomic E-state index is 13.1. The van der Waals surface area contributed by atoms with Crippen LogP contribution in [-0.2, 0) is 16.0 Å². The molecule has 4 nitrogen and oxygen atoms in total. The molecular weight excluding hydrogens is 312 g/mol. The van der Waals surface area contributed by atoms with E-state index >= 15 is 0 Å². The molecule has 0 atom stereocenters. The van der Waals surface area contributed by atoms with Crippen molar-refractivity contribution in [3.05, 3.63) is 60.2 Å². The van der Waals surface area contributed by atoms with Crippen LogP contribution in [0, 0.1) is 5.41 Å². The molecule has 1 aliphatic carbocycles.